The van der Waals surface area contributed by atoms with Gasteiger partial charge in [0, 0.05) is 19.1 Å². The van der Waals surface area contributed by atoms with E-state index in [0.29, 0.717) is 5.92 Å². The Hall–Kier alpha value is -1.13. The Balaban J connectivity index is 4.56. The first-order valence-electron chi connectivity index (χ1n) is 6.04. The van der Waals surface area contributed by atoms with E-state index in [4.69, 9.17) is 9.47 Å². The first kappa shape index (κ1) is 16.9. The number of carbonyl (C=O) groups is 1. The van der Waals surface area contributed by atoms with Gasteiger partial charge < -0.3 is 14.2 Å². The lowest BCUT2D eigenvalue weighted by Crippen LogP contribution is -2.29. The molecule has 18 heavy (non-hydrogen) atoms. The second-order valence-electron chi connectivity index (χ2n) is 4.28. The molecule has 0 aliphatic heterocycles. The van der Waals surface area contributed by atoms with Crippen LogP contribution < -0.4 is 0 Å². The number of carbonyl (C=O) groups excluding carboxylic acids is 1. The molecule has 0 heterocycles. The van der Waals surface area contributed by atoms with Crippen molar-refractivity contribution in [2.45, 2.75) is 26.4 Å². The molecule has 0 amide bonds. The molecule has 3 atom stereocenters. The maximum atomic E-state index is 11.1. The molecule has 0 aliphatic carbocycles. The largest absolute Gasteiger partial charge is 0.466 e. The van der Waals surface area contributed by atoms with Gasteiger partial charge in [0.2, 0.25) is 0 Å². The van der Waals surface area contributed by atoms with Crippen molar-refractivity contribution in [2.75, 3.05) is 21.0 Å². The van der Waals surface area contributed by atoms with E-state index < -0.39 is 0 Å². The van der Waals surface area contributed by atoms with E-state index >= 15 is 0 Å². The summed E-state index contributed by atoms with van der Waals surface area (Å²) in [6, 6.07) is 0. The molecule has 4 heteroatoms. The SMILES string of the molecule is C=CC[C@H](C)[C@@H](OCOC)[C@@H](C)/C=C\C(=O)OC. The zero-order valence-corrected chi connectivity index (χ0v) is 11.7. The number of hydrogen-bond acceptors (Lipinski definition) is 4. The van der Waals surface area contributed by atoms with Crippen LogP contribution in [-0.4, -0.2) is 33.1 Å². The van der Waals surface area contributed by atoms with Crippen LogP contribution in [0.1, 0.15) is 20.3 Å². The standard InChI is InChI=1S/C14H24O4/c1-6-7-11(2)14(18-10-16-4)12(3)8-9-13(15)17-5/h6,8-9,11-12,14H,1,7,10H2,2-5H3/b9-8-/t11-,12-,14+/m0/s1. The smallest absolute Gasteiger partial charge is 0.330 e. The highest BCUT2D eigenvalue weighted by molar-refractivity contribution is 5.81. The van der Waals surface area contributed by atoms with Gasteiger partial charge in [0.1, 0.15) is 6.79 Å². The van der Waals surface area contributed by atoms with Crippen LogP contribution in [0.15, 0.2) is 24.8 Å². The van der Waals surface area contributed by atoms with Gasteiger partial charge in [0.05, 0.1) is 13.2 Å². The highest BCUT2D eigenvalue weighted by Crippen LogP contribution is 2.21. The van der Waals surface area contributed by atoms with Gasteiger partial charge in [-0.05, 0) is 12.3 Å². The van der Waals surface area contributed by atoms with Crippen molar-refractivity contribution < 1.29 is 19.0 Å². The van der Waals surface area contributed by atoms with Crippen LogP contribution in [0.3, 0.4) is 0 Å². The minimum atomic E-state index is -0.358. The van der Waals surface area contributed by atoms with Gasteiger partial charge in [0.25, 0.3) is 0 Å². The Bertz CT molecular complexity index is 273. The van der Waals surface area contributed by atoms with Crippen LogP contribution in [0.2, 0.25) is 0 Å². The molecule has 0 fully saturated rings. The highest BCUT2D eigenvalue weighted by atomic mass is 16.7. The van der Waals surface area contributed by atoms with Crippen molar-refractivity contribution in [3.63, 3.8) is 0 Å². The summed E-state index contributed by atoms with van der Waals surface area (Å²) in [5, 5.41) is 0. The van der Waals surface area contributed by atoms with Crippen molar-refractivity contribution in [3.05, 3.63) is 24.8 Å². The number of allylic oxidation sites excluding steroid dienone is 1. The number of esters is 1. The third-order valence-corrected chi connectivity index (χ3v) is 2.73. The molecule has 0 N–H and O–H groups in total. The lowest BCUT2D eigenvalue weighted by Gasteiger charge is -2.27. The molecular weight excluding hydrogens is 232 g/mol. The first-order valence-corrected chi connectivity index (χ1v) is 6.04. The molecule has 0 rings (SSSR count). The summed E-state index contributed by atoms with van der Waals surface area (Å²) < 4.78 is 15.2. The highest BCUT2D eigenvalue weighted by Gasteiger charge is 2.22. The van der Waals surface area contributed by atoms with Crippen LogP contribution in [-0.2, 0) is 19.0 Å². The van der Waals surface area contributed by atoms with E-state index in [-0.39, 0.29) is 24.8 Å². The van der Waals surface area contributed by atoms with Crippen LogP contribution in [0.5, 0.6) is 0 Å². The van der Waals surface area contributed by atoms with Crippen LogP contribution in [0.25, 0.3) is 0 Å². The lowest BCUT2D eigenvalue weighted by atomic mass is 9.90. The third kappa shape index (κ3) is 6.57. The summed E-state index contributed by atoms with van der Waals surface area (Å²) in [5.41, 5.74) is 0. The zero-order valence-electron chi connectivity index (χ0n) is 11.7. The molecule has 104 valence electrons. The van der Waals surface area contributed by atoms with E-state index in [1.807, 2.05) is 13.0 Å². The summed E-state index contributed by atoms with van der Waals surface area (Å²) in [6.45, 7) is 8.06. The predicted molar refractivity (Wildman–Crippen MR) is 71.0 cm³/mol. The minimum absolute atomic E-state index is 0.0242. The van der Waals surface area contributed by atoms with E-state index in [1.165, 1.54) is 13.2 Å². The fourth-order valence-corrected chi connectivity index (χ4v) is 1.79. The zero-order chi connectivity index (χ0) is 14.0. The van der Waals surface area contributed by atoms with E-state index in [2.05, 4.69) is 18.2 Å². The molecule has 0 aromatic carbocycles. The fraction of sp³-hybridized carbons (Fsp3) is 0.643. The van der Waals surface area contributed by atoms with Gasteiger partial charge in [0.15, 0.2) is 0 Å². The third-order valence-electron chi connectivity index (χ3n) is 2.73. The fourth-order valence-electron chi connectivity index (χ4n) is 1.79. The Kier molecular flexibility index (Phi) is 9.24. The molecule has 0 aromatic rings. The Morgan fingerprint density at radius 1 is 1.33 bits per heavy atom. The summed E-state index contributed by atoms with van der Waals surface area (Å²) >= 11 is 0. The van der Waals surface area contributed by atoms with E-state index in [0.717, 1.165) is 6.42 Å². The molecule has 0 aromatic heterocycles. The molecular formula is C14H24O4. The van der Waals surface area contributed by atoms with Gasteiger partial charge in [-0.1, -0.05) is 26.0 Å². The van der Waals surface area contributed by atoms with Crippen LogP contribution in [0, 0.1) is 11.8 Å². The number of ether oxygens (including phenoxy) is 3. The first-order chi connectivity index (χ1) is 8.56. The van der Waals surface area contributed by atoms with Gasteiger partial charge in [-0.25, -0.2) is 4.79 Å². The number of methoxy groups -OCH3 is 2. The van der Waals surface area contributed by atoms with E-state index in [1.54, 1.807) is 13.2 Å². The second kappa shape index (κ2) is 9.85. The molecule has 0 aliphatic rings. The van der Waals surface area contributed by atoms with Gasteiger partial charge in [-0.2, -0.15) is 0 Å². The quantitative estimate of drug-likeness (QED) is 0.275. The summed E-state index contributed by atoms with van der Waals surface area (Å²) in [5.74, 6) is 0.0351. The van der Waals surface area contributed by atoms with Gasteiger partial charge >= 0.3 is 5.97 Å². The molecule has 0 bridgehead atoms. The average molecular weight is 256 g/mol. The normalized spacial score (nSPS) is 16.2. The summed E-state index contributed by atoms with van der Waals surface area (Å²) in [7, 11) is 2.95. The van der Waals surface area contributed by atoms with Crippen LogP contribution in [0.4, 0.5) is 0 Å². The van der Waals surface area contributed by atoms with Gasteiger partial charge in [-0.15, -0.1) is 6.58 Å². The Labute approximate surface area is 110 Å². The van der Waals surface area contributed by atoms with E-state index in [9.17, 15) is 4.79 Å². The topological polar surface area (TPSA) is 44.8 Å². The molecule has 0 unspecified atom stereocenters. The predicted octanol–water partition coefficient (Wildman–Crippen LogP) is 2.55. The molecule has 0 saturated heterocycles. The second-order valence-corrected chi connectivity index (χ2v) is 4.28. The number of hydrogen-bond donors (Lipinski definition) is 0. The van der Waals surface area contributed by atoms with Crippen molar-refractivity contribution in [1.29, 1.82) is 0 Å². The van der Waals surface area contributed by atoms with Crippen molar-refractivity contribution in [3.8, 4) is 0 Å². The van der Waals surface area contributed by atoms with Gasteiger partial charge in [-0.3, -0.25) is 0 Å². The van der Waals surface area contributed by atoms with Crippen molar-refractivity contribution in [2.24, 2.45) is 11.8 Å². The lowest BCUT2D eigenvalue weighted by molar-refractivity contribution is -0.134. The minimum Gasteiger partial charge on any atom is -0.466 e. The van der Waals surface area contributed by atoms with Crippen molar-refractivity contribution in [1.82, 2.24) is 0 Å². The molecule has 0 spiro atoms. The Morgan fingerprint density at radius 3 is 2.50 bits per heavy atom. The molecule has 0 radical (unpaired) electrons. The summed E-state index contributed by atoms with van der Waals surface area (Å²) in [6.07, 6.45) is 5.92. The summed E-state index contributed by atoms with van der Waals surface area (Å²) in [4.78, 5) is 11.1. The average Bonchev–Trinajstić information content (AvgIpc) is 2.36. The maximum absolute atomic E-state index is 11.1. The maximum Gasteiger partial charge on any atom is 0.330 e. The van der Waals surface area contributed by atoms with Crippen molar-refractivity contribution >= 4 is 5.97 Å². The van der Waals surface area contributed by atoms with Crippen LogP contribution >= 0.6 is 0 Å². The Morgan fingerprint density at radius 2 is 2.00 bits per heavy atom. The number of rotatable bonds is 9. The molecule has 4 nitrogen and oxygen atoms in total. The monoisotopic (exact) mass is 256 g/mol. The molecule has 0 saturated carbocycles.